The zero-order chi connectivity index (χ0) is 8.55. The summed E-state index contributed by atoms with van der Waals surface area (Å²) in [7, 11) is 0.262. The number of hydrogen-bond acceptors (Lipinski definition) is 2. The zero-order valence-corrected chi connectivity index (χ0v) is 8.65. The molecule has 3 heteroatoms. The first-order valence-corrected chi connectivity index (χ1v) is 6.48. The van der Waals surface area contributed by atoms with Gasteiger partial charge in [0.15, 0.2) is 0 Å². The smallest absolute Gasteiger partial charge is 0.0368 e. The Morgan fingerprint density at radius 3 is 2.33 bits per heavy atom. The Bertz CT molecular complexity index is 181. The highest BCUT2D eigenvalue weighted by molar-refractivity contribution is 8.11. The zero-order valence-electron chi connectivity index (χ0n) is 7.83. The van der Waals surface area contributed by atoms with Gasteiger partial charge < -0.3 is 0 Å². The highest BCUT2D eigenvalue weighted by Crippen LogP contribution is 2.26. The van der Waals surface area contributed by atoms with Gasteiger partial charge in [-0.25, -0.2) is 0 Å². The van der Waals surface area contributed by atoms with Crippen molar-refractivity contribution in [3.05, 3.63) is 0 Å². The third-order valence-electron chi connectivity index (χ3n) is 2.93. The van der Waals surface area contributed by atoms with Crippen LogP contribution in [-0.2, 0) is 0 Å². The lowest BCUT2D eigenvalue weighted by atomic mass is 10.1. The number of rotatable bonds is 2. The first kappa shape index (κ1) is 8.73. The Kier molecular flexibility index (Phi) is 2.53. The van der Waals surface area contributed by atoms with Gasteiger partial charge in [0, 0.05) is 19.1 Å². The third-order valence-corrected chi connectivity index (χ3v) is 4.11. The minimum Gasteiger partial charge on any atom is -0.298 e. The van der Waals surface area contributed by atoms with Crippen molar-refractivity contribution in [1.29, 1.82) is 0 Å². The quantitative estimate of drug-likeness (QED) is 0.594. The lowest BCUT2D eigenvalue weighted by molar-refractivity contribution is 0.118. The van der Waals surface area contributed by atoms with E-state index in [-0.39, 0.29) is 10.7 Å². The molecule has 1 unspecified atom stereocenters. The van der Waals surface area contributed by atoms with Crippen LogP contribution in [0.2, 0.25) is 0 Å². The molecule has 0 amide bonds. The van der Waals surface area contributed by atoms with Gasteiger partial charge in [-0.05, 0) is 32.2 Å². The summed E-state index contributed by atoms with van der Waals surface area (Å²) in [6, 6.07) is 0.865. The molecule has 0 radical (unpaired) electrons. The fraction of sp³-hybridized carbons (Fsp3) is 0.889. The molecule has 0 aromatic heterocycles. The van der Waals surface area contributed by atoms with Crippen LogP contribution in [0.25, 0.3) is 0 Å². The molecule has 2 aliphatic heterocycles. The van der Waals surface area contributed by atoms with Crippen molar-refractivity contribution in [1.82, 2.24) is 9.21 Å². The van der Waals surface area contributed by atoms with Crippen molar-refractivity contribution in [3.63, 3.8) is 0 Å². The Morgan fingerprint density at radius 2 is 1.83 bits per heavy atom. The van der Waals surface area contributed by atoms with Gasteiger partial charge in [0.1, 0.15) is 0 Å². The van der Waals surface area contributed by atoms with Gasteiger partial charge in [0.05, 0.1) is 0 Å². The van der Waals surface area contributed by atoms with E-state index in [1.165, 1.54) is 39.0 Å². The van der Waals surface area contributed by atoms with Crippen LogP contribution >= 0.6 is 10.7 Å². The molecule has 70 valence electrons. The van der Waals surface area contributed by atoms with E-state index in [9.17, 15) is 0 Å². The molecule has 0 aliphatic carbocycles. The Morgan fingerprint density at radius 1 is 1.25 bits per heavy atom. The number of hydrogen-bond donors (Lipinski definition) is 0. The van der Waals surface area contributed by atoms with E-state index in [2.05, 4.69) is 21.3 Å². The van der Waals surface area contributed by atoms with Gasteiger partial charge >= 0.3 is 0 Å². The summed E-state index contributed by atoms with van der Waals surface area (Å²) in [6.07, 6.45) is 5.04. The van der Waals surface area contributed by atoms with Crippen molar-refractivity contribution in [2.45, 2.75) is 18.9 Å². The maximum Gasteiger partial charge on any atom is 0.0368 e. The fourth-order valence-corrected chi connectivity index (χ4v) is 2.86. The topological polar surface area (TPSA) is 6.48 Å². The Hall–Kier alpha value is 0.140. The highest BCUT2D eigenvalue weighted by Gasteiger charge is 2.32. The second kappa shape index (κ2) is 3.48. The van der Waals surface area contributed by atoms with Gasteiger partial charge in [-0.15, -0.1) is 10.7 Å². The molecule has 2 rings (SSSR count). The predicted octanol–water partition coefficient (Wildman–Crippen LogP) is 1.01. The standard InChI is InChI=1S/C9H18N2S/c1-12(2)11-7-9(8-11)10-5-3-4-6-10/h9H,1,3-8H2,2H3. The first-order valence-electron chi connectivity index (χ1n) is 4.72. The van der Waals surface area contributed by atoms with Crippen molar-refractivity contribution in [2.24, 2.45) is 0 Å². The maximum absolute atomic E-state index is 4.06. The summed E-state index contributed by atoms with van der Waals surface area (Å²) in [5.74, 6) is 4.06. The number of nitrogens with zero attached hydrogens (tertiary/aromatic N) is 2. The van der Waals surface area contributed by atoms with Crippen LogP contribution in [0.1, 0.15) is 12.8 Å². The molecule has 0 aromatic carbocycles. The minimum absolute atomic E-state index is 0.262. The number of likely N-dealkylation sites (tertiary alicyclic amines) is 1. The van der Waals surface area contributed by atoms with Crippen LogP contribution in [0.3, 0.4) is 0 Å². The molecule has 0 bridgehead atoms. The van der Waals surface area contributed by atoms with Crippen LogP contribution in [-0.4, -0.2) is 53.6 Å². The monoisotopic (exact) mass is 186 g/mol. The molecule has 0 N–H and O–H groups in total. The summed E-state index contributed by atoms with van der Waals surface area (Å²) >= 11 is 0. The van der Waals surface area contributed by atoms with Crippen molar-refractivity contribution >= 4 is 16.5 Å². The normalized spacial score (nSPS) is 30.4. The fourth-order valence-electron chi connectivity index (χ4n) is 2.01. The van der Waals surface area contributed by atoms with Gasteiger partial charge in [-0.3, -0.25) is 9.21 Å². The first-order chi connectivity index (χ1) is 5.77. The average molecular weight is 186 g/mol. The van der Waals surface area contributed by atoms with Crippen LogP contribution in [0.15, 0.2) is 0 Å². The van der Waals surface area contributed by atoms with E-state index in [1.807, 2.05) is 0 Å². The van der Waals surface area contributed by atoms with Gasteiger partial charge in [0.2, 0.25) is 0 Å². The molecule has 0 saturated carbocycles. The van der Waals surface area contributed by atoms with E-state index >= 15 is 0 Å². The predicted molar refractivity (Wildman–Crippen MR) is 56.8 cm³/mol. The van der Waals surface area contributed by atoms with Gasteiger partial charge in [-0.1, -0.05) is 5.87 Å². The lowest BCUT2D eigenvalue weighted by Gasteiger charge is -2.44. The molecule has 2 aliphatic rings. The molecule has 2 saturated heterocycles. The van der Waals surface area contributed by atoms with Crippen molar-refractivity contribution < 1.29 is 0 Å². The van der Waals surface area contributed by atoms with Gasteiger partial charge in [-0.2, -0.15) is 0 Å². The summed E-state index contributed by atoms with van der Waals surface area (Å²) < 4.78 is 2.48. The van der Waals surface area contributed by atoms with E-state index in [0.717, 1.165) is 6.04 Å². The lowest BCUT2D eigenvalue weighted by Crippen LogP contribution is -2.56. The molecule has 2 nitrogen and oxygen atoms in total. The van der Waals surface area contributed by atoms with Crippen LogP contribution in [0.4, 0.5) is 0 Å². The molecule has 1 atom stereocenters. The molecule has 0 aromatic rings. The summed E-state index contributed by atoms with van der Waals surface area (Å²) in [6.45, 7) is 5.21. The van der Waals surface area contributed by atoms with Gasteiger partial charge in [0.25, 0.3) is 0 Å². The van der Waals surface area contributed by atoms with Crippen LogP contribution < -0.4 is 0 Å². The summed E-state index contributed by atoms with van der Waals surface area (Å²) in [4.78, 5) is 2.64. The van der Waals surface area contributed by atoms with E-state index in [4.69, 9.17) is 0 Å². The SMILES string of the molecule is C=S(C)N1CC(N2CCCC2)C1. The van der Waals surface area contributed by atoms with Crippen molar-refractivity contribution in [2.75, 3.05) is 32.4 Å². The van der Waals surface area contributed by atoms with Crippen LogP contribution in [0.5, 0.6) is 0 Å². The maximum atomic E-state index is 4.06. The Balaban J connectivity index is 1.77. The van der Waals surface area contributed by atoms with Crippen LogP contribution in [0, 0.1) is 0 Å². The minimum atomic E-state index is 0.262. The largest absolute Gasteiger partial charge is 0.298 e. The average Bonchev–Trinajstić information content (AvgIpc) is 2.34. The molecule has 2 fully saturated rings. The second-order valence-electron chi connectivity index (χ2n) is 3.84. The summed E-state index contributed by atoms with van der Waals surface area (Å²) in [5, 5.41) is 0. The summed E-state index contributed by atoms with van der Waals surface area (Å²) in [5.41, 5.74) is 0. The highest BCUT2D eigenvalue weighted by atomic mass is 32.2. The molecular formula is C9H18N2S. The Labute approximate surface area is 77.6 Å². The molecular weight excluding hydrogens is 168 g/mol. The van der Waals surface area contributed by atoms with E-state index in [0.29, 0.717) is 0 Å². The third kappa shape index (κ3) is 1.58. The molecule has 0 spiro atoms. The second-order valence-corrected chi connectivity index (χ2v) is 5.56. The molecule has 12 heavy (non-hydrogen) atoms. The molecule has 2 heterocycles. The van der Waals surface area contributed by atoms with E-state index < -0.39 is 0 Å². The van der Waals surface area contributed by atoms with E-state index in [1.54, 1.807) is 0 Å². The van der Waals surface area contributed by atoms with Crippen molar-refractivity contribution in [3.8, 4) is 0 Å².